The first-order valence-corrected chi connectivity index (χ1v) is 11.7. The summed E-state index contributed by atoms with van der Waals surface area (Å²) in [6.45, 7) is 3.55. The lowest BCUT2D eigenvalue weighted by Gasteiger charge is -2.40. The summed E-state index contributed by atoms with van der Waals surface area (Å²) in [5, 5.41) is 8.48. The van der Waals surface area contributed by atoms with Gasteiger partial charge < -0.3 is 16.0 Å². The quantitative estimate of drug-likeness (QED) is 0.384. The molecule has 3 N–H and O–H groups in total. The maximum atomic E-state index is 12.7. The van der Waals surface area contributed by atoms with Crippen molar-refractivity contribution in [2.75, 3.05) is 18.1 Å². The Kier molecular flexibility index (Phi) is 6.11. The Morgan fingerprint density at radius 1 is 1.22 bits per heavy atom. The van der Waals surface area contributed by atoms with Gasteiger partial charge >= 0.3 is 0 Å². The normalized spacial score (nSPS) is 16.8. The predicted molar refractivity (Wildman–Crippen MR) is 137 cm³/mol. The van der Waals surface area contributed by atoms with E-state index in [1.54, 1.807) is 54.5 Å². The number of nitrogens with zero attached hydrogens (tertiary/aromatic N) is 6. The van der Waals surface area contributed by atoms with Crippen LogP contribution in [0.5, 0.6) is 0 Å². The molecule has 0 aliphatic heterocycles. The maximum Gasteiger partial charge on any atom is 0.256 e. The van der Waals surface area contributed by atoms with E-state index in [0.29, 0.717) is 38.7 Å². The van der Waals surface area contributed by atoms with Crippen LogP contribution in [0.2, 0.25) is 5.02 Å². The second-order valence-corrected chi connectivity index (χ2v) is 8.95. The van der Waals surface area contributed by atoms with Crippen LogP contribution < -0.4 is 11.1 Å². The van der Waals surface area contributed by atoms with Gasteiger partial charge in [-0.25, -0.2) is 19.6 Å². The van der Waals surface area contributed by atoms with Crippen molar-refractivity contribution in [3.05, 3.63) is 72.2 Å². The molecule has 5 rings (SSSR count). The van der Waals surface area contributed by atoms with E-state index in [1.165, 1.54) is 12.4 Å². The molecule has 0 atom stereocenters. The van der Waals surface area contributed by atoms with Crippen LogP contribution in [-0.2, 0) is 4.79 Å². The van der Waals surface area contributed by atoms with E-state index in [1.807, 2.05) is 4.68 Å². The molecule has 182 valence electrons. The number of carbonyl (C=O) groups is 2. The summed E-state index contributed by atoms with van der Waals surface area (Å²) >= 11 is 6.64. The molecule has 0 unspecified atom stereocenters. The van der Waals surface area contributed by atoms with E-state index >= 15 is 0 Å². The number of benzene rings is 1. The molecule has 11 heteroatoms. The molecule has 0 spiro atoms. The molecule has 1 aliphatic rings. The molecule has 1 saturated carbocycles. The number of amides is 2. The number of nitrogens with one attached hydrogen (secondary N) is 1. The van der Waals surface area contributed by atoms with Crippen LogP contribution in [0, 0.1) is 0 Å². The van der Waals surface area contributed by atoms with Gasteiger partial charge in [0, 0.05) is 30.4 Å². The van der Waals surface area contributed by atoms with Crippen molar-refractivity contribution >= 4 is 46.1 Å². The summed E-state index contributed by atoms with van der Waals surface area (Å²) in [6, 6.07) is 10.3. The van der Waals surface area contributed by atoms with Crippen molar-refractivity contribution in [2.24, 2.45) is 0 Å². The topological polar surface area (TPSA) is 132 Å². The average Bonchev–Trinajstić information content (AvgIpc) is 3.23. The number of fused-ring (bicyclic) bond motifs is 1. The van der Waals surface area contributed by atoms with Gasteiger partial charge in [-0.3, -0.25) is 9.59 Å². The highest BCUT2D eigenvalue weighted by Gasteiger charge is 2.37. The fourth-order valence-corrected chi connectivity index (χ4v) is 4.58. The van der Waals surface area contributed by atoms with Crippen molar-refractivity contribution in [3.8, 4) is 11.3 Å². The summed E-state index contributed by atoms with van der Waals surface area (Å²) in [4.78, 5) is 39.0. The molecule has 1 aliphatic carbocycles. The van der Waals surface area contributed by atoms with Gasteiger partial charge in [-0.1, -0.05) is 30.3 Å². The molecule has 0 bridgehead atoms. The Labute approximate surface area is 211 Å². The van der Waals surface area contributed by atoms with Gasteiger partial charge in [0.2, 0.25) is 5.91 Å². The Balaban J connectivity index is 1.46. The first kappa shape index (κ1) is 23.4. The predicted octanol–water partition coefficient (Wildman–Crippen LogP) is 3.72. The molecular formula is C25H23ClN8O2. The van der Waals surface area contributed by atoms with E-state index in [0.717, 1.165) is 12.8 Å². The number of likely N-dealkylation sites (N-methyl/N-ethyl adjacent to an activating group) is 1. The molecule has 4 aromatic rings. The lowest BCUT2D eigenvalue weighted by Crippen LogP contribution is -2.45. The summed E-state index contributed by atoms with van der Waals surface area (Å²) < 4.78 is 1.82. The summed E-state index contributed by atoms with van der Waals surface area (Å²) in [7, 11) is 1.77. The zero-order valence-electron chi connectivity index (χ0n) is 19.4. The molecule has 2 amide bonds. The van der Waals surface area contributed by atoms with Gasteiger partial charge in [0.05, 0.1) is 16.5 Å². The molecule has 1 aromatic carbocycles. The van der Waals surface area contributed by atoms with Crippen LogP contribution in [0.15, 0.2) is 61.6 Å². The monoisotopic (exact) mass is 502 g/mol. The first-order valence-electron chi connectivity index (χ1n) is 11.3. The number of pyridine rings is 1. The minimum absolute atomic E-state index is 0.0304. The second kappa shape index (κ2) is 9.38. The SMILES string of the molecule is C=CC(=O)N(C)[C@H]1C[C@@H](n2nc(-c3ccc(C(=O)Nc4ccccn4)cc3Cl)c3c(N)ncnc32)C1. The minimum atomic E-state index is -0.334. The number of rotatable bonds is 6. The fourth-order valence-electron chi connectivity index (χ4n) is 4.31. The van der Waals surface area contributed by atoms with Gasteiger partial charge in [-0.15, -0.1) is 0 Å². The molecule has 0 radical (unpaired) electrons. The van der Waals surface area contributed by atoms with Crippen molar-refractivity contribution in [3.63, 3.8) is 0 Å². The third-order valence-corrected chi connectivity index (χ3v) is 6.73. The Bertz CT molecular complexity index is 1480. The summed E-state index contributed by atoms with van der Waals surface area (Å²) in [5.74, 6) is 0.273. The molecule has 3 aromatic heterocycles. The van der Waals surface area contributed by atoms with Gasteiger partial charge in [0.25, 0.3) is 5.91 Å². The van der Waals surface area contributed by atoms with Crippen LogP contribution in [-0.4, -0.2) is 54.5 Å². The molecule has 3 heterocycles. The van der Waals surface area contributed by atoms with Crippen molar-refractivity contribution in [1.29, 1.82) is 0 Å². The number of anilines is 2. The Morgan fingerprint density at radius 2 is 2.03 bits per heavy atom. The van der Waals surface area contributed by atoms with Crippen LogP contribution in [0.25, 0.3) is 22.3 Å². The number of aromatic nitrogens is 5. The standard InChI is InChI=1S/C25H23ClN8O2/c1-3-20(35)33(2)15-11-16(12-15)34-24-21(23(27)29-13-30-24)22(32-34)17-8-7-14(10-18(17)26)25(36)31-19-6-4-5-9-28-19/h3-10,13,15-16H,1,11-12H2,2H3,(H2,27,29,30)(H,28,31,36)/t15-,16+. The third kappa shape index (κ3) is 4.16. The van der Waals surface area contributed by atoms with E-state index in [4.69, 9.17) is 22.4 Å². The molecular weight excluding hydrogens is 480 g/mol. The zero-order chi connectivity index (χ0) is 25.4. The number of carbonyl (C=O) groups excluding carboxylic acids is 2. The lowest BCUT2D eigenvalue weighted by atomic mass is 9.85. The van der Waals surface area contributed by atoms with Crippen molar-refractivity contribution in [1.82, 2.24) is 29.6 Å². The molecule has 36 heavy (non-hydrogen) atoms. The highest BCUT2D eigenvalue weighted by molar-refractivity contribution is 6.34. The number of halogens is 1. The molecule has 10 nitrogen and oxygen atoms in total. The first-order chi connectivity index (χ1) is 17.4. The van der Waals surface area contributed by atoms with Gasteiger partial charge in [-0.05, 0) is 43.2 Å². The van der Waals surface area contributed by atoms with Gasteiger partial charge in [0.1, 0.15) is 23.7 Å². The van der Waals surface area contributed by atoms with Gasteiger partial charge in [-0.2, -0.15) is 5.10 Å². The number of hydrogen-bond donors (Lipinski definition) is 2. The highest BCUT2D eigenvalue weighted by Crippen LogP contribution is 2.41. The van der Waals surface area contributed by atoms with Crippen LogP contribution in [0.1, 0.15) is 29.2 Å². The molecule has 1 fully saturated rings. The fraction of sp³-hybridized carbons (Fsp3) is 0.200. The summed E-state index contributed by atoms with van der Waals surface area (Å²) in [6.07, 6.45) is 5.74. The zero-order valence-corrected chi connectivity index (χ0v) is 20.2. The summed E-state index contributed by atoms with van der Waals surface area (Å²) in [5.41, 5.74) is 8.33. The minimum Gasteiger partial charge on any atom is -0.383 e. The number of nitrogens with two attached hydrogens (primary N) is 1. The van der Waals surface area contributed by atoms with Gasteiger partial charge in [0.15, 0.2) is 5.65 Å². The largest absolute Gasteiger partial charge is 0.383 e. The Hall–Kier alpha value is -4.31. The van der Waals surface area contributed by atoms with E-state index in [9.17, 15) is 9.59 Å². The van der Waals surface area contributed by atoms with Crippen LogP contribution >= 0.6 is 11.6 Å². The third-order valence-electron chi connectivity index (χ3n) is 6.42. The van der Waals surface area contributed by atoms with E-state index in [-0.39, 0.29) is 29.7 Å². The second-order valence-electron chi connectivity index (χ2n) is 8.55. The van der Waals surface area contributed by atoms with E-state index < -0.39 is 0 Å². The average molecular weight is 503 g/mol. The highest BCUT2D eigenvalue weighted by atomic mass is 35.5. The Morgan fingerprint density at radius 3 is 2.72 bits per heavy atom. The maximum absolute atomic E-state index is 12.7. The molecule has 0 saturated heterocycles. The van der Waals surface area contributed by atoms with Crippen molar-refractivity contribution in [2.45, 2.75) is 24.9 Å². The van der Waals surface area contributed by atoms with Crippen LogP contribution in [0.3, 0.4) is 0 Å². The number of nitrogen functional groups attached to an aromatic ring is 1. The van der Waals surface area contributed by atoms with Crippen molar-refractivity contribution < 1.29 is 9.59 Å². The lowest BCUT2D eigenvalue weighted by molar-refractivity contribution is -0.129. The number of hydrogen-bond acceptors (Lipinski definition) is 7. The van der Waals surface area contributed by atoms with Crippen LogP contribution in [0.4, 0.5) is 11.6 Å². The smallest absolute Gasteiger partial charge is 0.256 e. The van der Waals surface area contributed by atoms with E-state index in [2.05, 4.69) is 26.8 Å².